The van der Waals surface area contributed by atoms with Crippen molar-refractivity contribution in [1.82, 2.24) is 10.6 Å². The Bertz CT molecular complexity index is 297. The Morgan fingerprint density at radius 3 is 2.68 bits per heavy atom. The predicted octanol–water partition coefficient (Wildman–Crippen LogP) is 1.47. The lowest BCUT2D eigenvalue weighted by Gasteiger charge is -2.38. The lowest BCUT2D eigenvalue weighted by atomic mass is 9.73. The van der Waals surface area contributed by atoms with E-state index < -0.39 is 0 Å². The Labute approximate surface area is 122 Å². The van der Waals surface area contributed by atoms with Crippen LogP contribution in [0.5, 0.6) is 0 Å². The van der Waals surface area contributed by atoms with Crippen LogP contribution in [0, 0.1) is 11.3 Å². The quantitative estimate of drug-likeness (QED) is 0.694. The molecule has 0 saturated heterocycles. The van der Waals surface area contributed by atoms with Crippen LogP contribution in [-0.2, 0) is 4.79 Å². The summed E-state index contributed by atoms with van der Waals surface area (Å²) in [6, 6.07) is 0. The number of hydrogen-bond donors (Lipinski definition) is 3. The van der Waals surface area contributed by atoms with Crippen LogP contribution in [-0.4, -0.2) is 36.8 Å². The Morgan fingerprint density at radius 2 is 2.05 bits per heavy atom. The molecular weight excluding hydrogens is 264 g/mol. The molecule has 0 aromatic carbocycles. The van der Waals surface area contributed by atoms with Gasteiger partial charge in [0.1, 0.15) is 0 Å². The van der Waals surface area contributed by atoms with Crippen LogP contribution in [0.2, 0.25) is 0 Å². The van der Waals surface area contributed by atoms with Crippen molar-refractivity contribution >= 4 is 18.3 Å². The van der Waals surface area contributed by atoms with Gasteiger partial charge in [0.15, 0.2) is 0 Å². The van der Waals surface area contributed by atoms with E-state index in [1.165, 1.54) is 12.8 Å². The largest absolute Gasteiger partial charge is 0.392 e. The molecule has 0 aliphatic heterocycles. The Morgan fingerprint density at radius 1 is 1.32 bits per heavy atom. The number of carbonyl (C=O) groups is 1. The minimum atomic E-state index is -0.272. The second-order valence-electron chi connectivity index (χ2n) is 6.27. The summed E-state index contributed by atoms with van der Waals surface area (Å²) < 4.78 is 0. The molecule has 0 spiro atoms. The molecule has 2 saturated carbocycles. The number of halogens is 1. The molecule has 0 heterocycles. The third-order valence-electron chi connectivity index (χ3n) is 4.38. The number of nitrogens with one attached hydrogen (secondary N) is 2. The molecule has 112 valence electrons. The van der Waals surface area contributed by atoms with Crippen LogP contribution < -0.4 is 10.6 Å². The van der Waals surface area contributed by atoms with Crippen molar-refractivity contribution in [3.8, 4) is 0 Å². The summed E-state index contributed by atoms with van der Waals surface area (Å²) in [6.07, 6.45) is 6.47. The molecule has 0 radical (unpaired) electrons. The Kier molecular flexibility index (Phi) is 6.57. The molecule has 19 heavy (non-hydrogen) atoms. The molecule has 2 fully saturated rings. The fourth-order valence-corrected chi connectivity index (χ4v) is 2.66. The molecule has 2 aliphatic carbocycles. The molecule has 2 atom stereocenters. The minimum absolute atomic E-state index is 0. The molecule has 2 aliphatic rings. The molecule has 5 heteroatoms. The normalized spacial score (nSPS) is 30.5. The summed E-state index contributed by atoms with van der Waals surface area (Å²) in [5.41, 5.74) is -0.135. The van der Waals surface area contributed by atoms with Gasteiger partial charge in [-0.25, -0.2) is 0 Å². The molecule has 0 aromatic rings. The van der Waals surface area contributed by atoms with E-state index in [-0.39, 0.29) is 29.8 Å². The van der Waals surface area contributed by atoms with Gasteiger partial charge in [0.2, 0.25) is 5.91 Å². The molecule has 2 unspecified atom stereocenters. The van der Waals surface area contributed by atoms with Gasteiger partial charge in [-0.3, -0.25) is 4.79 Å². The fraction of sp³-hybridized carbons (Fsp3) is 0.929. The van der Waals surface area contributed by atoms with E-state index in [0.29, 0.717) is 13.1 Å². The zero-order chi connectivity index (χ0) is 13.0. The van der Waals surface area contributed by atoms with E-state index in [0.717, 1.165) is 38.1 Å². The number of aliphatic hydroxyl groups is 1. The SMILES string of the molecule is CC1(CNC(=O)CNCC2CC2)CCCCC1O.Cl. The second kappa shape index (κ2) is 7.46. The van der Waals surface area contributed by atoms with Crippen molar-refractivity contribution in [3.05, 3.63) is 0 Å². The van der Waals surface area contributed by atoms with Gasteiger partial charge >= 0.3 is 0 Å². The monoisotopic (exact) mass is 290 g/mol. The highest BCUT2D eigenvalue weighted by atomic mass is 35.5. The van der Waals surface area contributed by atoms with Gasteiger partial charge in [0.05, 0.1) is 12.6 Å². The van der Waals surface area contributed by atoms with Crippen LogP contribution in [0.4, 0.5) is 0 Å². The first-order valence-corrected chi connectivity index (χ1v) is 7.26. The minimum Gasteiger partial charge on any atom is -0.392 e. The summed E-state index contributed by atoms with van der Waals surface area (Å²) in [6.45, 7) is 4.04. The van der Waals surface area contributed by atoms with Gasteiger partial charge in [0, 0.05) is 12.0 Å². The second-order valence-corrected chi connectivity index (χ2v) is 6.27. The molecule has 2 rings (SSSR count). The van der Waals surface area contributed by atoms with E-state index in [1.54, 1.807) is 0 Å². The zero-order valence-electron chi connectivity index (χ0n) is 11.8. The molecule has 1 amide bonds. The number of rotatable bonds is 6. The number of carbonyl (C=O) groups excluding carboxylic acids is 1. The van der Waals surface area contributed by atoms with Crippen molar-refractivity contribution in [2.45, 2.75) is 51.6 Å². The Balaban J connectivity index is 0.00000180. The van der Waals surface area contributed by atoms with Gasteiger partial charge in [-0.05, 0) is 38.1 Å². The third-order valence-corrected chi connectivity index (χ3v) is 4.38. The molecular formula is C14H27ClN2O2. The summed E-state index contributed by atoms with van der Waals surface area (Å²) in [5, 5.41) is 16.2. The summed E-state index contributed by atoms with van der Waals surface area (Å²) >= 11 is 0. The first kappa shape index (κ1) is 16.7. The number of amides is 1. The summed E-state index contributed by atoms with van der Waals surface area (Å²) in [7, 11) is 0. The lowest BCUT2D eigenvalue weighted by molar-refractivity contribution is -0.121. The summed E-state index contributed by atoms with van der Waals surface area (Å²) in [4.78, 5) is 11.7. The first-order chi connectivity index (χ1) is 8.60. The van der Waals surface area contributed by atoms with Crippen molar-refractivity contribution in [2.24, 2.45) is 11.3 Å². The smallest absolute Gasteiger partial charge is 0.233 e. The summed E-state index contributed by atoms with van der Waals surface area (Å²) in [5.74, 6) is 0.852. The van der Waals surface area contributed by atoms with Crippen molar-refractivity contribution in [1.29, 1.82) is 0 Å². The maximum absolute atomic E-state index is 11.7. The van der Waals surface area contributed by atoms with Crippen LogP contribution >= 0.6 is 12.4 Å². The fourth-order valence-electron chi connectivity index (χ4n) is 2.66. The van der Waals surface area contributed by atoms with E-state index in [4.69, 9.17) is 0 Å². The maximum Gasteiger partial charge on any atom is 0.233 e. The third kappa shape index (κ3) is 5.28. The van der Waals surface area contributed by atoms with Gasteiger partial charge in [0.25, 0.3) is 0 Å². The van der Waals surface area contributed by atoms with E-state index in [9.17, 15) is 9.90 Å². The highest BCUT2D eigenvalue weighted by Gasteiger charge is 2.35. The van der Waals surface area contributed by atoms with Crippen molar-refractivity contribution in [3.63, 3.8) is 0 Å². The van der Waals surface area contributed by atoms with Crippen LogP contribution in [0.1, 0.15) is 45.4 Å². The number of aliphatic hydroxyl groups excluding tert-OH is 1. The van der Waals surface area contributed by atoms with Gasteiger partial charge in [-0.2, -0.15) is 0 Å². The maximum atomic E-state index is 11.7. The van der Waals surface area contributed by atoms with Gasteiger partial charge in [-0.15, -0.1) is 12.4 Å². The molecule has 0 bridgehead atoms. The standard InChI is InChI=1S/C14H26N2O2.ClH/c1-14(7-3-2-4-12(14)17)10-16-13(18)9-15-8-11-5-6-11;/h11-12,15,17H,2-10H2,1H3,(H,16,18);1H. The Hall–Kier alpha value is -0.320. The zero-order valence-corrected chi connectivity index (χ0v) is 12.6. The van der Waals surface area contributed by atoms with Crippen molar-refractivity contribution in [2.75, 3.05) is 19.6 Å². The highest BCUT2D eigenvalue weighted by molar-refractivity contribution is 5.85. The van der Waals surface area contributed by atoms with Gasteiger partial charge < -0.3 is 15.7 Å². The van der Waals surface area contributed by atoms with Crippen molar-refractivity contribution < 1.29 is 9.90 Å². The first-order valence-electron chi connectivity index (χ1n) is 7.26. The lowest BCUT2D eigenvalue weighted by Crippen LogP contribution is -2.47. The topological polar surface area (TPSA) is 61.4 Å². The van der Waals surface area contributed by atoms with Crippen LogP contribution in [0.15, 0.2) is 0 Å². The highest BCUT2D eigenvalue weighted by Crippen LogP contribution is 2.35. The molecule has 3 N–H and O–H groups in total. The molecule has 4 nitrogen and oxygen atoms in total. The number of hydrogen-bond acceptors (Lipinski definition) is 3. The van der Waals surface area contributed by atoms with E-state index >= 15 is 0 Å². The van der Waals surface area contributed by atoms with Crippen LogP contribution in [0.3, 0.4) is 0 Å². The predicted molar refractivity (Wildman–Crippen MR) is 78.4 cm³/mol. The van der Waals surface area contributed by atoms with E-state index in [1.807, 2.05) is 0 Å². The van der Waals surface area contributed by atoms with E-state index in [2.05, 4.69) is 17.6 Å². The van der Waals surface area contributed by atoms with Crippen LogP contribution in [0.25, 0.3) is 0 Å². The molecule has 0 aromatic heterocycles. The van der Waals surface area contributed by atoms with Gasteiger partial charge in [-0.1, -0.05) is 19.8 Å². The average molecular weight is 291 g/mol. The average Bonchev–Trinajstić information content (AvgIpc) is 3.15.